The van der Waals surface area contributed by atoms with Crippen LogP contribution in [-0.2, 0) is 11.3 Å². The average molecular weight is 276 g/mol. The first-order chi connectivity index (χ1) is 9.60. The van der Waals surface area contributed by atoms with Gasteiger partial charge in [-0.2, -0.15) is 0 Å². The highest BCUT2D eigenvalue weighted by Gasteiger charge is 2.23. The highest BCUT2D eigenvalue weighted by molar-refractivity contribution is 5.92. The summed E-state index contributed by atoms with van der Waals surface area (Å²) in [5.74, 6) is -1.46. The van der Waals surface area contributed by atoms with Crippen molar-refractivity contribution in [3.63, 3.8) is 0 Å². The summed E-state index contributed by atoms with van der Waals surface area (Å²) in [4.78, 5) is 11.4. The van der Waals surface area contributed by atoms with Crippen LogP contribution in [-0.4, -0.2) is 13.1 Å². The number of carbonyl (C=O) groups is 1. The summed E-state index contributed by atoms with van der Waals surface area (Å²) in [6.07, 6.45) is 0. The topological polar surface area (TPSA) is 35.5 Å². The van der Waals surface area contributed by atoms with Crippen LogP contribution >= 0.6 is 0 Å². The zero-order valence-corrected chi connectivity index (χ0v) is 10.6. The van der Waals surface area contributed by atoms with Gasteiger partial charge in [0.05, 0.1) is 12.7 Å². The molecule has 0 atom stereocenters. The van der Waals surface area contributed by atoms with Crippen molar-refractivity contribution in [3.05, 3.63) is 53.1 Å². The molecule has 0 aliphatic carbocycles. The normalized spacial score (nSPS) is 12.2. The van der Waals surface area contributed by atoms with Gasteiger partial charge in [0.2, 0.25) is 0 Å². The molecule has 0 N–H and O–H groups in total. The first kappa shape index (κ1) is 12.6. The van der Waals surface area contributed by atoms with E-state index >= 15 is 0 Å². The summed E-state index contributed by atoms with van der Waals surface area (Å²) in [5.41, 5.74) is 1.65. The number of hydrogen-bond acceptors (Lipinski definition) is 3. The van der Waals surface area contributed by atoms with E-state index in [1.54, 1.807) is 6.07 Å². The number of halogens is 2. The van der Waals surface area contributed by atoms with Gasteiger partial charge in [-0.15, -0.1) is 0 Å². The molecule has 0 fully saturated rings. The van der Waals surface area contributed by atoms with E-state index in [4.69, 9.17) is 4.74 Å². The van der Waals surface area contributed by atoms with E-state index in [0.717, 1.165) is 0 Å². The van der Waals surface area contributed by atoms with Gasteiger partial charge >= 0.3 is 5.97 Å². The van der Waals surface area contributed by atoms with Crippen LogP contribution in [0.1, 0.15) is 15.9 Å². The van der Waals surface area contributed by atoms with Gasteiger partial charge in [-0.25, -0.2) is 13.6 Å². The number of hydrogen-bond donors (Lipinski definition) is 0. The lowest BCUT2D eigenvalue weighted by molar-refractivity contribution is 0.0595. The molecule has 2 aromatic rings. The van der Waals surface area contributed by atoms with Gasteiger partial charge in [0.25, 0.3) is 0 Å². The Morgan fingerprint density at radius 3 is 2.75 bits per heavy atom. The number of esters is 1. The SMILES string of the molecule is COC(=O)c1cc2c(cc1F)-c1ccc(F)cc1CO2. The Bertz CT molecular complexity index is 711. The predicted octanol–water partition coefficient (Wildman–Crippen LogP) is 3.31. The zero-order valence-electron chi connectivity index (χ0n) is 10.6. The minimum atomic E-state index is -0.765. The molecule has 0 radical (unpaired) electrons. The number of benzene rings is 2. The highest BCUT2D eigenvalue weighted by atomic mass is 19.1. The Morgan fingerprint density at radius 1 is 1.20 bits per heavy atom. The van der Waals surface area contributed by atoms with Crippen molar-refractivity contribution < 1.29 is 23.0 Å². The molecule has 1 aliphatic rings. The molecule has 5 heteroatoms. The summed E-state index contributed by atoms with van der Waals surface area (Å²) >= 11 is 0. The number of fused-ring (bicyclic) bond motifs is 3. The lowest BCUT2D eigenvalue weighted by atomic mass is 9.95. The first-order valence-corrected chi connectivity index (χ1v) is 5.93. The van der Waals surface area contributed by atoms with E-state index < -0.39 is 11.8 Å². The quantitative estimate of drug-likeness (QED) is 0.750. The first-order valence-electron chi connectivity index (χ1n) is 5.93. The summed E-state index contributed by atoms with van der Waals surface area (Å²) in [6, 6.07) is 6.74. The Labute approximate surface area is 113 Å². The Morgan fingerprint density at radius 2 is 2.00 bits per heavy atom. The van der Waals surface area contributed by atoms with Crippen molar-refractivity contribution in [2.45, 2.75) is 6.61 Å². The molecule has 3 rings (SSSR count). The second-order valence-corrected chi connectivity index (χ2v) is 4.41. The largest absolute Gasteiger partial charge is 0.488 e. The van der Waals surface area contributed by atoms with Crippen molar-refractivity contribution in [3.8, 4) is 16.9 Å². The van der Waals surface area contributed by atoms with Gasteiger partial charge in [0, 0.05) is 11.1 Å². The van der Waals surface area contributed by atoms with Crippen LogP contribution < -0.4 is 4.74 Å². The Hall–Kier alpha value is -2.43. The Kier molecular flexibility index (Phi) is 2.89. The molecule has 1 aliphatic heterocycles. The van der Waals surface area contributed by atoms with Crippen molar-refractivity contribution in [2.24, 2.45) is 0 Å². The third kappa shape index (κ3) is 1.91. The van der Waals surface area contributed by atoms with Gasteiger partial charge in [0.15, 0.2) is 0 Å². The third-order valence-corrected chi connectivity index (χ3v) is 3.22. The molecule has 0 saturated carbocycles. The summed E-state index contributed by atoms with van der Waals surface area (Å²) in [6.45, 7) is 0.173. The Balaban J connectivity index is 2.17. The smallest absolute Gasteiger partial charge is 0.340 e. The minimum absolute atomic E-state index is 0.173. The molecule has 0 aromatic heterocycles. The van der Waals surface area contributed by atoms with E-state index in [9.17, 15) is 13.6 Å². The van der Waals surface area contributed by atoms with Gasteiger partial charge in [-0.1, -0.05) is 6.07 Å². The lowest BCUT2D eigenvalue weighted by Crippen LogP contribution is -2.10. The fraction of sp³-hybridized carbons (Fsp3) is 0.133. The molecule has 20 heavy (non-hydrogen) atoms. The average Bonchev–Trinajstić information content (AvgIpc) is 2.45. The van der Waals surface area contributed by atoms with E-state index in [1.807, 2.05) is 0 Å². The van der Waals surface area contributed by atoms with Crippen LogP contribution in [0.5, 0.6) is 5.75 Å². The second kappa shape index (κ2) is 4.59. The molecule has 3 nitrogen and oxygen atoms in total. The van der Waals surface area contributed by atoms with Crippen LogP contribution in [0.2, 0.25) is 0 Å². The van der Waals surface area contributed by atoms with Crippen molar-refractivity contribution in [2.75, 3.05) is 7.11 Å². The van der Waals surface area contributed by atoms with Crippen LogP contribution in [0.3, 0.4) is 0 Å². The lowest BCUT2D eigenvalue weighted by Gasteiger charge is -2.21. The molecule has 0 unspecified atom stereocenters. The molecular formula is C15H10F2O3. The van der Waals surface area contributed by atoms with Crippen molar-refractivity contribution >= 4 is 5.97 Å². The molecule has 102 valence electrons. The number of methoxy groups -OCH3 is 1. The van der Waals surface area contributed by atoms with Gasteiger partial charge < -0.3 is 9.47 Å². The van der Waals surface area contributed by atoms with E-state index in [1.165, 1.54) is 31.4 Å². The van der Waals surface area contributed by atoms with Crippen LogP contribution in [0.15, 0.2) is 30.3 Å². The van der Waals surface area contributed by atoms with E-state index in [-0.39, 0.29) is 18.0 Å². The molecular weight excluding hydrogens is 266 g/mol. The second-order valence-electron chi connectivity index (χ2n) is 4.41. The molecule has 0 spiro atoms. The minimum Gasteiger partial charge on any atom is -0.488 e. The predicted molar refractivity (Wildman–Crippen MR) is 67.5 cm³/mol. The number of carbonyl (C=O) groups excluding carboxylic acids is 1. The van der Waals surface area contributed by atoms with Crippen LogP contribution in [0, 0.1) is 11.6 Å². The summed E-state index contributed by atoms with van der Waals surface area (Å²) < 4.78 is 37.1. The molecule has 2 aromatic carbocycles. The summed E-state index contributed by atoms with van der Waals surface area (Å²) in [5, 5.41) is 0. The number of ether oxygens (including phenoxy) is 2. The van der Waals surface area contributed by atoms with Crippen LogP contribution in [0.25, 0.3) is 11.1 Å². The van der Waals surface area contributed by atoms with Crippen LogP contribution in [0.4, 0.5) is 8.78 Å². The van der Waals surface area contributed by atoms with Crippen molar-refractivity contribution in [1.82, 2.24) is 0 Å². The molecule has 1 heterocycles. The van der Waals surface area contributed by atoms with E-state index in [0.29, 0.717) is 22.4 Å². The number of rotatable bonds is 1. The molecule has 0 saturated heterocycles. The maximum absolute atomic E-state index is 14.0. The molecule has 0 bridgehead atoms. The zero-order chi connectivity index (χ0) is 14.3. The van der Waals surface area contributed by atoms with Gasteiger partial charge in [0.1, 0.15) is 24.0 Å². The van der Waals surface area contributed by atoms with Gasteiger partial charge in [-0.3, -0.25) is 0 Å². The van der Waals surface area contributed by atoms with Gasteiger partial charge in [-0.05, 0) is 29.8 Å². The van der Waals surface area contributed by atoms with Crippen molar-refractivity contribution in [1.29, 1.82) is 0 Å². The monoisotopic (exact) mass is 276 g/mol. The maximum atomic E-state index is 14.0. The van der Waals surface area contributed by atoms with E-state index in [2.05, 4.69) is 4.74 Å². The highest BCUT2D eigenvalue weighted by Crippen LogP contribution is 2.39. The molecule has 0 amide bonds. The standard InChI is InChI=1S/C15H10F2O3/c1-19-15(18)12-6-14-11(5-13(12)17)10-3-2-9(16)4-8(10)7-20-14/h2-6H,7H2,1H3. The fourth-order valence-electron chi connectivity index (χ4n) is 2.25. The fourth-order valence-corrected chi connectivity index (χ4v) is 2.25. The maximum Gasteiger partial charge on any atom is 0.340 e. The summed E-state index contributed by atoms with van der Waals surface area (Å²) in [7, 11) is 1.18. The third-order valence-electron chi connectivity index (χ3n) is 3.22.